The number of carboxylic acid groups (broad SMARTS) is 1. The molecule has 1 rings (SSSR count). The molecule has 2 N–H and O–H groups in total. The Morgan fingerprint density at radius 1 is 1.30 bits per heavy atom. The van der Waals surface area contributed by atoms with E-state index in [1.165, 1.54) is 27.7 Å². The molecule has 0 aromatic heterocycles. The number of carbonyl (C=O) groups is 1. The van der Waals surface area contributed by atoms with Crippen molar-refractivity contribution in [3.05, 3.63) is 29.1 Å². The zero-order valence-corrected chi connectivity index (χ0v) is 12.6. The molecule has 0 aliphatic carbocycles. The van der Waals surface area contributed by atoms with Crippen LogP contribution < -0.4 is 4.72 Å². The van der Waals surface area contributed by atoms with Gasteiger partial charge in [-0.15, -0.1) is 0 Å². The largest absolute Gasteiger partial charge is 0.481 e. The normalized spacial score (nSPS) is 12.4. The fourth-order valence-corrected chi connectivity index (χ4v) is 3.41. The van der Waals surface area contributed by atoms with Gasteiger partial charge in [-0.1, -0.05) is 0 Å². The summed E-state index contributed by atoms with van der Waals surface area (Å²) >= 11 is 0. The lowest BCUT2D eigenvalue weighted by Crippen LogP contribution is -2.39. The van der Waals surface area contributed by atoms with E-state index in [2.05, 4.69) is 4.72 Å². The molecule has 1 aromatic carbocycles. The van der Waals surface area contributed by atoms with Crippen LogP contribution in [0.2, 0.25) is 0 Å². The van der Waals surface area contributed by atoms with Crippen LogP contribution in [0.3, 0.4) is 0 Å². The maximum atomic E-state index is 13.2. The number of benzene rings is 1. The van der Waals surface area contributed by atoms with Gasteiger partial charge in [0, 0.05) is 6.54 Å². The number of halogens is 1. The molecule has 0 atom stereocenters. The van der Waals surface area contributed by atoms with Crippen LogP contribution in [0, 0.1) is 25.1 Å². The number of sulfonamides is 1. The summed E-state index contributed by atoms with van der Waals surface area (Å²) in [4.78, 5) is 11.0. The number of hydrogen-bond acceptors (Lipinski definition) is 3. The Hall–Kier alpha value is -1.47. The molecule has 112 valence electrons. The van der Waals surface area contributed by atoms with Crippen LogP contribution in [0.5, 0.6) is 0 Å². The Kier molecular flexibility index (Phi) is 4.55. The van der Waals surface area contributed by atoms with Gasteiger partial charge in [-0.2, -0.15) is 0 Å². The van der Waals surface area contributed by atoms with E-state index in [0.29, 0.717) is 0 Å². The number of aliphatic carboxylic acids is 1. The summed E-state index contributed by atoms with van der Waals surface area (Å²) in [5.41, 5.74) is -0.666. The Bertz CT molecular complexity index is 615. The van der Waals surface area contributed by atoms with Crippen molar-refractivity contribution in [2.45, 2.75) is 32.6 Å². The molecule has 0 radical (unpaired) electrons. The van der Waals surface area contributed by atoms with Crippen LogP contribution in [0.1, 0.15) is 25.0 Å². The van der Waals surface area contributed by atoms with Crippen LogP contribution in [0.4, 0.5) is 4.39 Å². The monoisotopic (exact) mass is 303 g/mol. The molecule has 20 heavy (non-hydrogen) atoms. The molecule has 0 aliphatic heterocycles. The second-order valence-electron chi connectivity index (χ2n) is 5.38. The number of hydrogen-bond donors (Lipinski definition) is 2. The van der Waals surface area contributed by atoms with Crippen molar-refractivity contribution in [3.8, 4) is 0 Å². The molecule has 0 fully saturated rings. The van der Waals surface area contributed by atoms with Gasteiger partial charge in [-0.3, -0.25) is 4.79 Å². The molecular formula is C13H18FNO4S. The van der Waals surface area contributed by atoms with Crippen molar-refractivity contribution in [2.75, 3.05) is 6.54 Å². The SMILES string of the molecule is Cc1cc(F)cc(C)c1S(=O)(=O)NCC(C)(C)C(=O)O. The van der Waals surface area contributed by atoms with Crippen molar-refractivity contribution >= 4 is 16.0 Å². The summed E-state index contributed by atoms with van der Waals surface area (Å²) in [6.45, 7) is 5.57. The summed E-state index contributed by atoms with van der Waals surface area (Å²) in [6, 6.07) is 2.26. The van der Waals surface area contributed by atoms with Crippen molar-refractivity contribution in [1.29, 1.82) is 0 Å². The van der Waals surface area contributed by atoms with Crippen molar-refractivity contribution in [1.82, 2.24) is 4.72 Å². The highest BCUT2D eigenvalue weighted by Gasteiger charge is 2.30. The maximum absolute atomic E-state index is 13.2. The topological polar surface area (TPSA) is 83.5 Å². The molecular weight excluding hydrogens is 285 g/mol. The maximum Gasteiger partial charge on any atom is 0.310 e. The average Bonchev–Trinajstić information content (AvgIpc) is 2.24. The minimum Gasteiger partial charge on any atom is -0.481 e. The molecule has 5 nitrogen and oxygen atoms in total. The molecule has 0 bridgehead atoms. The number of rotatable bonds is 5. The first-order valence-electron chi connectivity index (χ1n) is 5.97. The molecule has 7 heteroatoms. The molecule has 0 heterocycles. The van der Waals surface area contributed by atoms with Crippen LogP contribution in [0.25, 0.3) is 0 Å². The predicted molar refractivity (Wildman–Crippen MR) is 72.5 cm³/mol. The fourth-order valence-electron chi connectivity index (χ4n) is 1.74. The first-order chi connectivity index (χ1) is 8.97. The van der Waals surface area contributed by atoms with Crippen molar-refractivity contribution in [3.63, 3.8) is 0 Å². The van der Waals surface area contributed by atoms with Crippen LogP contribution in [0.15, 0.2) is 17.0 Å². The van der Waals surface area contributed by atoms with Gasteiger partial charge in [-0.25, -0.2) is 17.5 Å². The van der Waals surface area contributed by atoms with Crippen LogP contribution in [-0.4, -0.2) is 26.0 Å². The fraction of sp³-hybridized carbons (Fsp3) is 0.462. The minimum atomic E-state index is -3.89. The standard InChI is InChI=1S/C13H18FNO4S/c1-8-5-10(14)6-9(2)11(8)20(18,19)15-7-13(3,4)12(16)17/h5-6,15H,7H2,1-4H3,(H,16,17). The van der Waals surface area contributed by atoms with E-state index in [9.17, 15) is 17.6 Å². The van der Waals surface area contributed by atoms with E-state index in [-0.39, 0.29) is 22.6 Å². The van der Waals surface area contributed by atoms with E-state index >= 15 is 0 Å². The first kappa shape index (κ1) is 16.6. The molecule has 0 saturated heterocycles. The van der Waals surface area contributed by atoms with Crippen LogP contribution >= 0.6 is 0 Å². The number of carboxylic acids is 1. The summed E-state index contributed by atoms with van der Waals surface area (Å²) in [5, 5.41) is 8.97. The highest BCUT2D eigenvalue weighted by atomic mass is 32.2. The second kappa shape index (κ2) is 5.49. The summed E-state index contributed by atoms with van der Waals surface area (Å²) in [5.74, 6) is -1.61. The second-order valence-corrected chi connectivity index (χ2v) is 7.09. The summed E-state index contributed by atoms with van der Waals surface area (Å²) in [6.07, 6.45) is 0. The predicted octanol–water partition coefficient (Wildman–Crippen LogP) is 1.83. The molecule has 0 saturated carbocycles. The molecule has 0 spiro atoms. The van der Waals surface area contributed by atoms with Gasteiger partial charge in [0.05, 0.1) is 10.3 Å². The average molecular weight is 303 g/mol. The van der Waals surface area contributed by atoms with E-state index in [0.717, 1.165) is 12.1 Å². The third-order valence-electron chi connectivity index (χ3n) is 2.98. The molecule has 0 unspecified atom stereocenters. The quantitative estimate of drug-likeness (QED) is 0.869. The Morgan fingerprint density at radius 3 is 2.15 bits per heavy atom. The minimum absolute atomic E-state index is 0.0138. The lowest BCUT2D eigenvalue weighted by Gasteiger charge is -2.20. The van der Waals surface area contributed by atoms with Crippen molar-refractivity contribution < 1.29 is 22.7 Å². The van der Waals surface area contributed by atoms with Gasteiger partial charge in [0.1, 0.15) is 5.82 Å². The zero-order chi connectivity index (χ0) is 15.7. The lowest BCUT2D eigenvalue weighted by molar-refractivity contribution is -0.146. The van der Waals surface area contributed by atoms with Gasteiger partial charge < -0.3 is 5.11 Å². The van der Waals surface area contributed by atoms with E-state index in [1.54, 1.807) is 0 Å². The van der Waals surface area contributed by atoms with Gasteiger partial charge >= 0.3 is 5.97 Å². The van der Waals surface area contributed by atoms with Crippen LogP contribution in [-0.2, 0) is 14.8 Å². The van der Waals surface area contributed by atoms with Gasteiger partial charge in [0.15, 0.2) is 0 Å². The smallest absolute Gasteiger partial charge is 0.310 e. The van der Waals surface area contributed by atoms with E-state index < -0.39 is 27.2 Å². The highest BCUT2D eigenvalue weighted by molar-refractivity contribution is 7.89. The van der Waals surface area contributed by atoms with Crippen molar-refractivity contribution in [2.24, 2.45) is 5.41 Å². The number of nitrogens with one attached hydrogen (secondary N) is 1. The summed E-state index contributed by atoms with van der Waals surface area (Å²) in [7, 11) is -3.89. The molecule has 0 amide bonds. The van der Waals surface area contributed by atoms with Gasteiger partial charge in [-0.05, 0) is 51.0 Å². The third kappa shape index (κ3) is 3.55. The first-order valence-corrected chi connectivity index (χ1v) is 7.45. The lowest BCUT2D eigenvalue weighted by atomic mass is 9.95. The van der Waals surface area contributed by atoms with E-state index in [1.807, 2.05) is 0 Å². The molecule has 1 aromatic rings. The Labute approximate surface area is 117 Å². The molecule has 0 aliphatic rings. The van der Waals surface area contributed by atoms with Gasteiger partial charge in [0.25, 0.3) is 0 Å². The Morgan fingerprint density at radius 2 is 1.75 bits per heavy atom. The highest BCUT2D eigenvalue weighted by Crippen LogP contribution is 2.22. The zero-order valence-electron chi connectivity index (χ0n) is 11.8. The third-order valence-corrected chi connectivity index (χ3v) is 4.68. The van der Waals surface area contributed by atoms with Gasteiger partial charge in [0.2, 0.25) is 10.0 Å². The Balaban J connectivity index is 3.11. The number of aryl methyl sites for hydroxylation is 2. The summed E-state index contributed by atoms with van der Waals surface area (Å²) < 4.78 is 39.9. The van der Waals surface area contributed by atoms with E-state index in [4.69, 9.17) is 5.11 Å².